The highest BCUT2D eigenvalue weighted by molar-refractivity contribution is 5.74. The molecule has 0 bridgehead atoms. The van der Waals surface area contributed by atoms with E-state index in [1.165, 1.54) is 11.6 Å². The van der Waals surface area contributed by atoms with Crippen LogP contribution in [0.3, 0.4) is 0 Å². The molecule has 1 saturated heterocycles. The van der Waals surface area contributed by atoms with E-state index in [0.29, 0.717) is 19.6 Å². The van der Waals surface area contributed by atoms with Crippen LogP contribution in [0.4, 0.5) is 9.18 Å². The molecule has 0 aromatic heterocycles. The van der Waals surface area contributed by atoms with Crippen molar-refractivity contribution in [1.29, 1.82) is 0 Å². The molecule has 1 fully saturated rings. The number of hydrogen-bond acceptors (Lipinski definition) is 1. The number of nitrogens with zero attached hydrogens (tertiary/aromatic N) is 1. The van der Waals surface area contributed by atoms with Gasteiger partial charge in [0, 0.05) is 19.6 Å². The Morgan fingerprint density at radius 3 is 2.46 bits per heavy atom. The number of rotatable bonds is 3. The fourth-order valence-electron chi connectivity index (χ4n) is 3.20. The van der Waals surface area contributed by atoms with E-state index < -0.39 is 0 Å². The predicted molar refractivity (Wildman–Crippen MR) is 93.4 cm³/mol. The summed E-state index contributed by atoms with van der Waals surface area (Å²) in [6, 6.07) is 15.1. The minimum atomic E-state index is -0.139. The summed E-state index contributed by atoms with van der Waals surface area (Å²) in [7, 11) is 0. The summed E-state index contributed by atoms with van der Waals surface area (Å²) in [5.41, 5.74) is 3.08. The number of nitrogens with one attached hydrogen (secondary N) is 1. The zero-order chi connectivity index (χ0) is 16.9. The fourth-order valence-corrected chi connectivity index (χ4v) is 3.20. The lowest BCUT2D eigenvalue weighted by Gasteiger charge is -2.32. The van der Waals surface area contributed by atoms with Crippen molar-refractivity contribution in [2.75, 3.05) is 13.1 Å². The molecule has 1 aliphatic rings. The number of likely N-dealkylation sites (tertiary alicyclic amines) is 1. The van der Waals surface area contributed by atoms with Gasteiger partial charge in [-0.1, -0.05) is 48.0 Å². The van der Waals surface area contributed by atoms with Crippen LogP contribution in [-0.4, -0.2) is 24.0 Å². The summed E-state index contributed by atoms with van der Waals surface area (Å²) in [5, 5.41) is 2.97. The molecule has 0 saturated carbocycles. The molecule has 0 unspecified atom stereocenters. The van der Waals surface area contributed by atoms with Crippen LogP contribution in [0.5, 0.6) is 0 Å². The highest BCUT2D eigenvalue weighted by atomic mass is 19.1. The Labute approximate surface area is 142 Å². The maximum absolute atomic E-state index is 13.9. The van der Waals surface area contributed by atoms with Gasteiger partial charge in [-0.25, -0.2) is 9.18 Å². The summed E-state index contributed by atoms with van der Waals surface area (Å²) >= 11 is 0. The van der Waals surface area contributed by atoms with Gasteiger partial charge in [0.2, 0.25) is 0 Å². The van der Waals surface area contributed by atoms with E-state index >= 15 is 0 Å². The molecule has 3 nitrogen and oxygen atoms in total. The fraction of sp³-hybridized carbons (Fsp3) is 0.350. The van der Waals surface area contributed by atoms with E-state index in [1.54, 1.807) is 6.07 Å². The number of piperidine rings is 1. The molecule has 0 atom stereocenters. The minimum absolute atomic E-state index is 0.0393. The van der Waals surface area contributed by atoms with Gasteiger partial charge in [0.1, 0.15) is 5.82 Å². The molecular weight excluding hydrogens is 303 g/mol. The largest absolute Gasteiger partial charge is 0.334 e. The summed E-state index contributed by atoms with van der Waals surface area (Å²) in [6.45, 7) is 3.91. The molecule has 0 radical (unpaired) electrons. The van der Waals surface area contributed by atoms with Gasteiger partial charge in [0.05, 0.1) is 0 Å². The molecule has 2 aromatic carbocycles. The van der Waals surface area contributed by atoms with E-state index in [9.17, 15) is 9.18 Å². The Balaban J connectivity index is 1.50. The first-order valence-corrected chi connectivity index (χ1v) is 8.46. The second kappa shape index (κ2) is 7.47. The smallest absolute Gasteiger partial charge is 0.317 e. The lowest BCUT2D eigenvalue weighted by molar-refractivity contribution is 0.180. The lowest BCUT2D eigenvalue weighted by Crippen LogP contribution is -2.43. The number of carbonyl (C=O) groups excluding carboxylic acids is 1. The van der Waals surface area contributed by atoms with Crippen LogP contribution in [0.15, 0.2) is 48.5 Å². The van der Waals surface area contributed by atoms with Gasteiger partial charge in [0.15, 0.2) is 0 Å². The van der Waals surface area contributed by atoms with Crippen LogP contribution in [0, 0.1) is 12.7 Å². The quantitative estimate of drug-likeness (QED) is 0.900. The minimum Gasteiger partial charge on any atom is -0.334 e. The van der Waals surface area contributed by atoms with Crippen molar-refractivity contribution in [2.24, 2.45) is 0 Å². The van der Waals surface area contributed by atoms with Gasteiger partial charge in [0.25, 0.3) is 0 Å². The molecule has 2 amide bonds. The highest BCUT2D eigenvalue weighted by Crippen LogP contribution is 2.29. The molecule has 0 aliphatic carbocycles. The van der Waals surface area contributed by atoms with Gasteiger partial charge >= 0.3 is 6.03 Å². The van der Waals surface area contributed by atoms with Crippen LogP contribution in [-0.2, 0) is 6.54 Å². The molecule has 24 heavy (non-hydrogen) atoms. The molecule has 4 heteroatoms. The van der Waals surface area contributed by atoms with Gasteiger partial charge in [-0.15, -0.1) is 0 Å². The van der Waals surface area contributed by atoms with Crippen LogP contribution in [0.2, 0.25) is 0 Å². The number of carbonyl (C=O) groups is 1. The van der Waals surface area contributed by atoms with Crippen molar-refractivity contribution in [1.82, 2.24) is 10.2 Å². The third-order valence-electron chi connectivity index (χ3n) is 4.69. The molecule has 126 valence electrons. The van der Waals surface area contributed by atoms with Gasteiger partial charge in [-0.2, -0.15) is 0 Å². The molecule has 1 aliphatic heterocycles. The maximum Gasteiger partial charge on any atom is 0.317 e. The van der Waals surface area contributed by atoms with E-state index in [1.807, 2.05) is 48.2 Å². The molecule has 3 rings (SSSR count). The summed E-state index contributed by atoms with van der Waals surface area (Å²) in [4.78, 5) is 14.1. The molecular formula is C20H23FN2O. The molecule has 1 N–H and O–H groups in total. The monoisotopic (exact) mass is 326 g/mol. The van der Waals surface area contributed by atoms with Crippen LogP contribution < -0.4 is 5.32 Å². The van der Waals surface area contributed by atoms with Crippen molar-refractivity contribution in [3.05, 3.63) is 71.0 Å². The normalized spacial score (nSPS) is 15.3. The van der Waals surface area contributed by atoms with Crippen molar-refractivity contribution in [3.63, 3.8) is 0 Å². The Morgan fingerprint density at radius 1 is 1.12 bits per heavy atom. The zero-order valence-electron chi connectivity index (χ0n) is 14.0. The Kier molecular flexibility index (Phi) is 5.14. The number of benzene rings is 2. The van der Waals surface area contributed by atoms with Gasteiger partial charge in [-0.3, -0.25) is 0 Å². The Morgan fingerprint density at radius 2 is 1.79 bits per heavy atom. The Hall–Kier alpha value is -2.36. The zero-order valence-corrected chi connectivity index (χ0v) is 14.0. The summed E-state index contributed by atoms with van der Waals surface area (Å²) in [5.74, 6) is 0.0621. The number of halogens is 1. The summed E-state index contributed by atoms with van der Waals surface area (Å²) in [6.07, 6.45) is 1.61. The molecule has 2 aromatic rings. The first-order valence-electron chi connectivity index (χ1n) is 8.46. The molecule has 0 spiro atoms. The average Bonchev–Trinajstić information content (AvgIpc) is 2.61. The van der Waals surface area contributed by atoms with E-state index in [-0.39, 0.29) is 17.8 Å². The van der Waals surface area contributed by atoms with E-state index in [0.717, 1.165) is 24.0 Å². The van der Waals surface area contributed by atoms with Crippen LogP contribution in [0.1, 0.15) is 35.4 Å². The van der Waals surface area contributed by atoms with Gasteiger partial charge in [-0.05, 0) is 42.9 Å². The predicted octanol–water partition coefficient (Wildman–Crippen LogP) is 4.22. The topological polar surface area (TPSA) is 32.3 Å². The van der Waals surface area contributed by atoms with Crippen LogP contribution in [0.25, 0.3) is 0 Å². The van der Waals surface area contributed by atoms with Gasteiger partial charge < -0.3 is 10.2 Å². The van der Waals surface area contributed by atoms with Crippen molar-refractivity contribution in [3.8, 4) is 0 Å². The van der Waals surface area contributed by atoms with Crippen molar-refractivity contribution >= 4 is 6.03 Å². The third-order valence-corrected chi connectivity index (χ3v) is 4.69. The molecule has 1 heterocycles. The third kappa shape index (κ3) is 3.94. The number of hydrogen-bond donors (Lipinski definition) is 1. The highest BCUT2D eigenvalue weighted by Gasteiger charge is 2.25. The standard InChI is InChI=1S/C20H23FN2O/c1-15-6-8-16(9-7-15)14-22-20(24)23-12-10-17(11-13-23)18-4-2-3-5-19(18)21/h2-9,17H,10-14H2,1H3,(H,22,24). The number of urea groups is 1. The second-order valence-corrected chi connectivity index (χ2v) is 6.43. The lowest BCUT2D eigenvalue weighted by atomic mass is 9.89. The second-order valence-electron chi connectivity index (χ2n) is 6.43. The average molecular weight is 326 g/mol. The van der Waals surface area contributed by atoms with Crippen molar-refractivity contribution in [2.45, 2.75) is 32.2 Å². The van der Waals surface area contributed by atoms with Crippen molar-refractivity contribution < 1.29 is 9.18 Å². The summed E-state index contributed by atoms with van der Waals surface area (Å²) < 4.78 is 13.9. The first-order chi connectivity index (χ1) is 11.6. The maximum atomic E-state index is 13.9. The number of aryl methyl sites for hydroxylation is 1. The first kappa shape index (κ1) is 16.5. The number of amides is 2. The van der Waals surface area contributed by atoms with Crippen LogP contribution >= 0.6 is 0 Å². The van der Waals surface area contributed by atoms with E-state index in [2.05, 4.69) is 5.32 Å². The SMILES string of the molecule is Cc1ccc(CNC(=O)N2CCC(c3ccccc3F)CC2)cc1. The Bertz CT molecular complexity index is 691. The van der Waals surface area contributed by atoms with E-state index in [4.69, 9.17) is 0 Å².